The molecule has 0 unspecified atom stereocenters. The molecule has 8 nitrogen and oxygen atoms in total. The lowest BCUT2D eigenvalue weighted by Gasteiger charge is -2.21. The van der Waals surface area contributed by atoms with Gasteiger partial charge in [0.2, 0.25) is 5.91 Å². The van der Waals surface area contributed by atoms with Crippen LogP contribution in [0.3, 0.4) is 0 Å². The lowest BCUT2D eigenvalue weighted by Crippen LogP contribution is -2.41. The van der Waals surface area contributed by atoms with E-state index in [2.05, 4.69) is 10.3 Å². The van der Waals surface area contributed by atoms with Crippen molar-refractivity contribution in [2.45, 2.75) is 13.1 Å². The quantitative estimate of drug-likeness (QED) is 0.552. The highest BCUT2D eigenvalue weighted by Gasteiger charge is 2.18. The average molecular weight is 393 g/mol. The molecule has 0 saturated carbocycles. The molecule has 4 N–H and O–H groups in total. The van der Waals surface area contributed by atoms with E-state index in [0.29, 0.717) is 6.54 Å². The first-order valence-corrected chi connectivity index (χ1v) is 9.14. The largest absolute Gasteiger partial charge is 0.383 e. The fraction of sp³-hybridized carbons (Fsp3) is 0.190. The monoisotopic (exact) mass is 393 g/mol. The summed E-state index contributed by atoms with van der Waals surface area (Å²) in [5, 5.41) is 2.80. The highest BCUT2D eigenvalue weighted by molar-refractivity contribution is 5.82. The molecular formula is C21H23N5O3. The fourth-order valence-corrected chi connectivity index (χ4v) is 3.02. The van der Waals surface area contributed by atoms with E-state index in [-0.39, 0.29) is 30.5 Å². The lowest BCUT2D eigenvalue weighted by molar-refractivity contribution is -0.119. The number of aromatic amines is 1. The van der Waals surface area contributed by atoms with Crippen LogP contribution in [0, 0.1) is 0 Å². The van der Waals surface area contributed by atoms with E-state index in [0.717, 1.165) is 11.1 Å². The van der Waals surface area contributed by atoms with E-state index >= 15 is 0 Å². The van der Waals surface area contributed by atoms with Crippen LogP contribution >= 0.6 is 0 Å². The standard InChI is InChI=1S/C21H23N5O3/c1-25(14-17(27)23-12-15-8-4-2-5-9-15)18-19(22)26(21(29)24-20(18)28)13-16-10-6-3-7-11-16/h2-11H,12-14,22H2,1H3,(H,23,27)(H,24,28,29). The topological polar surface area (TPSA) is 113 Å². The first-order valence-electron chi connectivity index (χ1n) is 9.14. The maximum absolute atomic E-state index is 12.3. The van der Waals surface area contributed by atoms with Gasteiger partial charge in [0.1, 0.15) is 11.5 Å². The number of hydrogen-bond acceptors (Lipinski definition) is 5. The van der Waals surface area contributed by atoms with Crippen molar-refractivity contribution in [3.8, 4) is 0 Å². The van der Waals surface area contributed by atoms with Crippen LogP contribution in [0.1, 0.15) is 11.1 Å². The molecule has 0 bridgehead atoms. The summed E-state index contributed by atoms with van der Waals surface area (Å²) in [6.45, 7) is 0.514. The Morgan fingerprint density at radius 3 is 2.24 bits per heavy atom. The first kappa shape index (κ1) is 19.9. The molecule has 0 atom stereocenters. The SMILES string of the molecule is CN(CC(=O)NCc1ccccc1)c1c(N)n(Cc2ccccc2)c(=O)[nH]c1=O. The molecule has 3 rings (SSSR count). The van der Waals surface area contributed by atoms with E-state index in [1.54, 1.807) is 7.05 Å². The number of nitrogens with one attached hydrogen (secondary N) is 2. The summed E-state index contributed by atoms with van der Waals surface area (Å²) in [4.78, 5) is 40.6. The van der Waals surface area contributed by atoms with Crippen LogP contribution in [0.25, 0.3) is 0 Å². The van der Waals surface area contributed by atoms with Crippen molar-refractivity contribution in [3.63, 3.8) is 0 Å². The number of anilines is 2. The minimum Gasteiger partial charge on any atom is -0.383 e. The third-order valence-electron chi connectivity index (χ3n) is 4.49. The van der Waals surface area contributed by atoms with Gasteiger partial charge in [-0.3, -0.25) is 19.1 Å². The Morgan fingerprint density at radius 1 is 1.03 bits per heavy atom. The molecule has 0 saturated heterocycles. The summed E-state index contributed by atoms with van der Waals surface area (Å²) in [6.07, 6.45) is 0. The van der Waals surface area contributed by atoms with Crippen molar-refractivity contribution in [1.29, 1.82) is 0 Å². The number of hydrogen-bond donors (Lipinski definition) is 3. The van der Waals surface area contributed by atoms with Crippen LogP contribution in [-0.4, -0.2) is 29.1 Å². The van der Waals surface area contributed by atoms with Crippen LogP contribution in [-0.2, 0) is 17.9 Å². The van der Waals surface area contributed by atoms with Gasteiger partial charge in [0, 0.05) is 13.6 Å². The van der Waals surface area contributed by atoms with E-state index in [9.17, 15) is 14.4 Å². The molecule has 1 heterocycles. The number of H-pyrrole nitrogens is 1. The number of nitrogens with two attached hydrogens (primary N) is 1. The van der Waals surface area contributed by atoms with Crippen molar-refractivity contribution in [3.05, 3.63) is 92.6 Å². The second-order valence-corrected chi connectivity index (χ2v) is 6.68. The van der Waals surface area contributed by atoms with Crippen LogP contribution < -0.4 is 27.2 Å². The summed E-state index contributed by atoms with van der Waals surface area (Å²) in [7, 11) is 1.58. The normalized spacial score (nSPS) is 10.5. The first-order chi connectivity index (χ1) is 14.0. The van der Waals surface area contributed by atoms with Gasteiger partial charge < -0.3 is 16.0 Å². The Morgan fingerprint density at radius 2 is 1.62 bits per heavy atom. The number of nitrogen functional groups attached to an aromatic ring is 1. The number of carbonyl (C=O) groups excluding carboxylic acids is 1. The Kier molecular flexibility index (Phi) is 6.13. The Balaban J connectivity index is 1.76. The smallest absolute Gasteiger partial charge is 0.330 e. The number of likely N-dealkylation sites (N-methyl/N-ethyl adjacent to an activating group) is 1. The van der Waals surface area contributed by atoms with Crippen LogP contribution in [0.15, 0.2) is 70.3 Å². The summed E-state index contributed by atoms with van der Waals surface area (Å²) in [5.74, 6) is -0.253. The van der Waals surface area contributed by atoms with Crippen LogP contribution in [0.2, 0.25) is 0 Å². The molecule has 150 valence electrons. The minimum absolute atomic E-state index is 0.0148. The predicted octanol–water partition coefficient (Wildman–Crippen LogP) is 0.920. The number of benzene rings is 2. The second kappa shape index (κ2) is 8.92. The number of nitrogens with zero attached hydrogens (tertiary/aromatic N) is 2. The molecule has 0 aliphatic heterocycles. The molecule has 1 aromatic heterocycles. The van der Waals surface area contributed by atoms with E-state index in [1.807, 2.05) is 60.7 Å². The molecule has 29 heavy (non-hydrogen) atoms. The third kappa shape index (κ3) is 4.92. The molecule has 0 fully saturated rings. The molecule has 0 aliphatic carbocycles. The highest BCUT2D eigenvalue weighted by atomic mass is 16.2. The Labute approximate surface area is 167 Å². The van der Waals surface area contributed by atoms with Gasteiger partial charge in [-0.25, -0.2) is 4.79 Å². The molecule has 2 aromatic carbocycles. The second-order valence-electron chi connectivity index (χ2n) is 6.68. The van der Waals surface area contributed by atoms with Crippen LogP contribution in [0.5, 0.6) is 0 Å². The van der Waals surface area contributed by atoms with E-state index in [1.165, 1.54) is 9.47 Å². The Bertz CT molecular complexity index is 1090. The van der Waals surface area contributed by atoms with Gasteiger partial charge >= 0.3 is 5.69 Å². The van der Waals surface area contributed by atoms with Gasteiger partial charge in [0.25, 0.3) is 5.56 Å². The molecule has 1 amide bonds. The number of aromatic nitrogens is 2. The molecule has 0 aliphatic rings. The predicted molar refractivity (Wildman–Crippen MR) is 113 cm³/mol. The molecule has 0 radical (unpaired) electrons. The molecular weight excluding hydrogens is 370 g/mol. The Hall–Kier alpha value is -3.81. The van der Waals surface area contributed by atoms with Gasteiger partial charge in [0.15, 0.2) is 0 Å². The fourth-order valence-electron chi connectivity index (χ4n) is 3.02. The summed E-state index contributed by atoms with van der Waals surface area (Å²) in [6, 6.07) is 18.8. The zero-order valence-electron chi connectivity index (χ0n) is 16.1. The van der Waals surface area contributed by atoms with Gasteiger partial charge in [0.05, 0.1) is 13.1 Å². The highest BCUT2D eigenvalue weighted by Crippen LogP contribution is 2.16. The third-order valence-corrected chi connectivity index (χ3v) is 4.49. The number of rotatable bonds is 7. The van der Waals surface area contributed by atoms with Crippen molar-refractivity contribution in [1.82, 2.24) is 14.9 Å². The van der Waals surface area contributed by atoms with Gasteiger partial charge in [-0.15, -0.1) is 0 Å². The van der Waals surface area contributed by atoms with Gasteiger partial charge in [-0.05, 0) is 11.1 Å². The molecule has 8 heteroatoms. The van der Waals surface area contributed by atoms with Crippen molar-refractivity contribution >= 4 is 17.4 Å². The van der Waals surface area contributed by atoms with E-state index < -0.39 is 11.2 Å². The zero-order valence-corrected chi connectivity index (χ0v) is 16.1. The maximum atomic E-state index is 12.3. The van der Waals surface area contributed by atoms with Crippen LogP contribution in [0.4, 0.5) is 11.5 Å². The minimum atomic E-state index is -0.629. The maximum Gasteiger partial charge on any atom is 0.330 e. The van der Waals surface area contributed by atoms with Gasteiger partial charge in [-0.1, -0.05) is 60.7 Å². The molecule has 0 spiro atoms. The zero-order chi connectivity index (χ0) is 20.8. The summed E-state index contributed by atoms with van der Waals surface area (Å²) in [5.41, 5.74) is 6.83. The molecule has 3 aromatic rings. The number of amides is 1. The summed E-state index contributed by atoms with van der Waals surface area (Å²) >= 11 is 0. The van der Waals surface area contributed by atoms with Crippen molar-refractivity contribution in [2.75, 3.05) is 24.2 Å². The lowest BCUT2D eigenvalue weighted by atomic mass is 10.2. The van der Waals surface area contributed by atoms with Crippen molar-refractivity contribution < 1.29 is 4.79 Å². The van der Waals surface area contributed by atoms with Crippen molar-refractivity contribution in [2.24, 2.45) is 0 Å². The summed E-state index contributed by atoms with van der Waals surface area (Å²) < 4.78 is 1.28. The van der Waals surface area contributed by atoms with E-state index in [4.69, 9.17) is 5.73 Å². The average Bonchev–Trinajstić information content (AvgIpc) is 2.71. The van der Waals surface area contributed by atoms with Gasteiger partial charge in [-0.2, -0.15) is 0 Å². The number of carbonyl (C=O) groups is 1.